The smallest absolute Gasteiger partial charge is 0.393 e. The second-order valence-corrected chi connectivity index (χ2v) is 6.22. The molecule has 2 aliphatic rings. The van der Waals surface area contributed by atoms with Crippen LogP contribution in [-0.4, -0.2) is 53.7 Å². The Balaban J connectivity index is 1.77. The molecule has 5 nitrogen and oxygen atoms in total. The Kier molecular flexibility index (Phi) is 5.31. The normalized spacial score (nSPS) is 29.7. The summed E-state index contributed by atoms with van der Waals surface area (Å²) < 4.78 is 37.0. The van der Waals surface area contributed by atoms with Gasteiger partial charge in [-0.25, -0.2) is 0 Å². The number of carbonyl (C=O) groups excluding carboxylic acids is 2. The number of rotatable bonds is 4. The molecule has 1 saturated heterocycles. The first-order valence-corrected chi connectivity index (χ1v) is 7.55. The Hall–Kier alpha value is -1.31. The Morgan fingerprint density at radius 2 is 2.09 bits per heavy atom. The minimum absolute atomic E-state index is 0.171. The first-order valence-electron chi connectivity index (χ1n) is 7.55. The fourth-order valence-electron chi connectivity index (χ4n) is 3.15. The summed E-state index contributed by atoms with van der Waals surface area (Å²) >= 11 is 0. The number of aliphatic hydroxyl groups is 1. The maximum atomic E-state index is 12.3. The Labute approximate surface area is 126 Å². The van der Waals surface area contributed by atoms with Crippen molar-refractivity contribution >= 4 is 11.8 Å². The van der Waals surface area contributed by atoms with Gasteiger partial charge in [-0.1, -0.05) is 6.42 Å². The minimum Gasteiger partial charge on any atom is -0.393 e. The van der Waals surface area contributed by atoms with Gasteiger partial charge in [-0.15, -0.1) is 0 Å². The summed E-state index contributed by atoms with van der Waals surface area (Å²) in [6.45, 7) is -1.08. The van der Waals surface area contributed by atoms with E-state index in [-0.39, 0.29) is 30.9 Å². The molecule has 0 spiro atoms. The van der Waals surface area contributed by atoms with E-state index in [9.17, 15) is 27.9 Å². The molecule has 1 heterocycles. The molecular weight excluding hydrogens is 301 g/mol. The molecule has 2 rings (SSSR count). The third-order valence-electron chi connectivity index (χ3n) is 4.28. The molecular formula is C14H21F3N2O3. The van der Waals surface area contributed by atoms with Crippen molar-refractivity contribution in [3.05, 3.63) is 0 Å². The van der Waals surface area contributed by atoms with E-state index in [1.807, 2.05) is 0 Å². The summed E-state index contributed by atoms with van der Waals surface area (Å²) in [6, 6.07) is 0. The molecule has 0 aromatic carbocycles. The Bertz CT molecular complexity index is 428. The molecule has 2 fully saturated rings. The topological polar surface area (TPSA) is 69.6 Å². The summed E-state index contributed by atoms with van der Waals surface area (Å²) in [5, 5.41) is 12.3. The average molecular weight is 322 g/mol. The SMILES string of the molecule is O=C(NCC1CCCC(O)C1)C1CC(=O)N(CC(F)(F)F)C1. The predicted molar refractivity (Wildman–Crippen MR) is 71.7 cm³/mol. The van der Waals surface area contributed by atoms with Gasteiger partial charge in [-0.2, -0.15) is 13.2 Å². The van der Waals surface area contributed by atoms with Crippen molar-refractivity contribution in [1.29, 1.82) is 0 Å². The maximum absolute atomic E-state index is 12.3. The van der Waals surface area contributed by atoms with Crippen LogP contribution in [0.4, 0.5) is 13.2 Å². The lowest BCUT2D eigenvalue weighted by Gasteiger charge is -2.26. The van der Waals surface area contributed by atoms with Gasteiger partial charge in [0, 0.05) is 19.5 Å². The number of likely N-dealkylation sites (tertiary alicyclic amines) is 1. The van der Waals surface area contributed by atoms with Gasteiger partial charge in [-0.05, 0) is 25.2 Å². The fourth-order valence-corrected chi connectivity index (χ4v) is 3.15. The van der Waals surface area contributed by atoms with Gasteiger partial charge in [0.2, 0.25) is 11.8 Å². The van der Waals surface area contributed by atoms with Gasteiger partial charge in [-0.3, -0.25) is 9.59 Å². The number of nitrogens with zero attached hydrogens (tertiary/aromatic N) is 1. The first-order chi connectivity index (χ1) is 10.2. The van der Waals surface area contributed by atoms with Crippen molar-refractivity contribution in [3.63, 3.8) is 0 Å². The van der Waals surface area contributed by atoms with Crippen LogP contribution in [0.1, 0.15) is 32.1 Å². The van der Waals surface area contributed by atoms with Crippen LogP contribution in [0, 0.1) is 11.8 Å². The molecule has 1 aliphatic heterocycles. The lowest BCUT2D eigenvalue weighted by molar-refractivity contribution is -0.157. The van der Waals surface area contributed by atoms with E-state index in [4.69, 9.17) is 0 Å². The average Bonchev–Trinajstić information content (AvgIpc) is 2.75. The van der Waals surface area contributed by atoms with E-state index >= 15 is 0 Å². The number of halogens is 3. The first kappa shape index (κ1) is 17.1. The van der Waals surface area contributed by atoms with Gasteiger partial charge in [0.25, 0.3) is 0 Å². The zero-order valence-corrected chi connectivity index (χ0v) is 12.2. The van der Waals surface area contributed by atoms with E-state index < -0.39 is 24.5 Å². The summed E-state index contributed by atoms with van der Waals surface area (Å²) in [5.41, 5.74) is 0. The molecule has 3 unspecified atom stereocenters. The third-order valence-corrected chi connectivity index (χ3v) is 4.28. The molecule has 2 amide bonds. The van der Waals surface area contributed by atoms with Gasteiger partial charge >= 0.3 is 6.18 Å². The van der Waals surface area contributed by atoms with E-state index in [1.54, 1.807) is 0 Å². The fraction of sp³-hybridized carbons (Fsp3) is 0.857. The van der Waals surface area contributed by atoms with E-state index in [0.29, 0.717) is 17.9 Å². The number of aliphatic hydroxyl groups excluding tert-OH is 1. The van der Waals surface area contributed by atoms with Crippen molar-refractivity contribution in [2.24, 2.45) is 11.8 Å². The molecule has 0 bridgehead atoms. The van der Waals surface area contributed by atoms with Gasteiger partial charge in [0.15, 0.2) is 0 Å². The van der Waals surface area contributed by atoms with Crippen molar-refractivity contribution in [2.75, 3.05) is 19.6 Å². The zero-order valence-electron chi connectivity index (χ0n) is 12.2. The van der Waals surface area contributed by atoms with Crippen LogP contribution in [0.5, 0.6) is 0 Å². The molecule has 1 saturated carbocycles. The summed E-state index contributed by atoms with van der Waals surface area (Å²) in [5.74, 6) is -1.54. The highest BCUT2D eigenvalue weighted by Gasteiger charge is 2.40. The predicted octanol–water partition coefficient (Wildman–Crippen LogP) is 1.06. The van der Waals surface area contributed by atoms with Gasteiger partial charge < -0.3 is 15.3 Å². The molecule has 8 heteroatoms. The molecule has 0 aromatic rings. The highest BCUT2D eigenvalue weighted by molar-refractivity contribution is 5.89. The second-order valence-electron chi connectivity index (χ2n) is 6.22. The second kappa shape index (κ2) is 6.85. The van der Waals surface area contributed by atoms with E-state index in [2.05, 4.69) is 5.32 Å². The van der Waals surface area contributed by atoms with Crippen LogP contribution < -0.4 is 5.32 Å². The zero-order chi connectivity index (χ0) is 16.3. The Morgan fingerprint density at radius 1 is 1.36 bits per heavy atom. The minimum atomic E-state index is -4.45. The van der Waals surface area contributed by atoms with Crippen LogP contribution in [0.2, 0.25) is 0 Å². The van der Waals surface area contributed by atoms with Crippen molar-refractivity contribution in [1.82, 2.24) is 10.2 Å². The molecule has 0 aromatic heterocycles. The summed E-state index contributed by atoms with van der Waals surface area (Å²) in [7, 11) is 0. The molecule has 3 atom stereocenters. The number of hydrogen-bond acceptors (Lipinski definition) is 3. The largest absolute Gasteiger partial charge is 0.406 e. The van der Waals surface area contributed by atoms with Crippen LogP contribution in [-0.2, 0) is 9.59 Å². The van der Waals surface area contributed by atoms with Crippen molar-refractivity contribution in [3.8, 4) is 0 Å². The molecule has 126 valence electrons. The highest BCUT2D eigenvalue weighted by Crippen LogP contribution is 2.25. The van der Waals surface area contributed by atoms with Crippen LogP contribution in [0.15, 0.2) is 0 Å². The van der Waals surface area contributed by atoms with E-state index in [0.717, 1.165) is 19.3 Å². The third kappa shape index (κ3) is 4.86. The summed E-state index contributed by atoms with van der Waals surface area (Å²) in [6.07, 6.45) is -1.73. The number of nitrogens with one attached hydrogen (secondary N) is 1. The van der Waals surface area contributed by atoms with Gasteiger partial charge in [0.1, 0.15) is 6.54 Å². The Morgan fingerprint density at radius 3 is 2.73 bits per heavy atom. The quantitative estimate of drug-likeness (QED) is 0.813. The maximum Gasteiger partial charge on any atom is 0.406 e. The lowest BCUT2D eigenvalue weighted by Crippen LogP contribution is -2.39. The monoisotopic (exact) mass is 322 g/mol. The molecule has 0 radical (unpaired) electrons. The number of hydrogen-bond donors (Lipinski definition) is 2. The number of amides is 2. The summed E-state index contributed by atoms with van der Waals surface area (Å²) in [4.78, 5) is 24.2. The number of carbonyl (C=O) groups is 2. The molecule has 1 aliphatic carbocycles. The van der Waals surface area contributed by atoms with Crippen molar-refractivity contribution in [2.45, 2.75) is 44.4 Å². The van der Waals surface area contributed by atoms with E-state index in [1.165, 1.54) is 0 Å². The number of alkyl halides is 3. The van der Waals surface area contributed by atoms with Gasteiger partial charge in [0.05, 0.1) is 12.0 Å². The highest BCUT2D eigenvalue weighted by atomic mass is 19.4. The standard InChI is InChI=1S/C14H21F3N2O3/c15-14(16,17)8-19-7-10(5-12(19)21)13(22)18-6-9-2-1-3-11(20)4-9/h9-11,20H,1-8H2,(H,18,22). The van der Waals surface area contributed by atoms with Crippen LogP contribution >= 0.6 is 0 Å². The molecule has 22 heavy (non-hydrogen) atoms. The van der Waals surface area contributed by atoms with Crippen LogP contribution in [0.25, 0.3) is 0 Å². The van der Waals surface area contributed by atoms with Crippen LogP contribution in [0.3, 0.4) is 0 Å². The lowest BCUT2D eigenvalue weighted by atomic mass is 9.87. The van der Waals surface area contributed by atoms with Crippen molar-refractivity contribution < 1.29 is 27.9 Å². The molecule has 2 N–H and O–H groups in total.